The van der Waals surface area contributed by atoms with Gasteiger partial charge in [0, 0.05) is 0 Å². The van der Waals surface area contributed by atoms with Crippen LogP contribution >= 0.6 is 0 Å². The molecule has 2 unspecified atom stereocenters. The van der Waals surface area contributed by atoms with Gasteiger partial charge in [-0.2, -0.15) is 61.5 Å². The summed E-state index contributed by atoms with van der Waals surface area (Å²) in [6.45, 7) is 0. The van der Waals surface area contributed by atoms with E-state index in [-0.39, 0.29) is 0 Å². The van der Waals surface area contributed by atoms with E-state index >= 15 is 0 Å². The van der Waals surface area contributed by atoms with E-state index in [1.54, 1.807) is 0 Å². The summed E-state index contributed by atoms with van der Waals surface area (Å²) in [5.74, 6) is -33.4. The molecule has 0 saturated heterocycles. The van der Waals surface area contributed by atoms with Crippen molar-refractivity contribution in [2.45, 2.75) is 47.2 Å². The first-order valence-electron chi connectivity index (χ1n) is 5.58. The van der Waals surface area contributed by atoms with Crippen molar-refractivity contribution in [1.82, 2.24) is 0 Å². The first-order chi connectivity index (χ1) is 11.7. The highest BCUT2D eigenvalue weighted by Crippen LogP contribution is 2.60. The molecule has 0 fully saturated rings. The van der Waals surface area contributed by atoms with Gasteiger partial charge in [0.05, 0.1) is 0 Å². The van der Waals surface area contributed by atoms with Crippen molar-refractivity contribution in [3.63, 3.8) is 0 Å². The van der Waals surface area contributed by atoms with Crippen LogP contribution < -0.4 is 0 Å². The topological polar surface area (TPSA) is 57.2 Å². The Bertz CT molecular complexity index is 690. The molecule has 0 aromatic rings. The minimum atomic E-state index is -8.51. The summed E-state index contributed by atoms with van der Waals surface area (Å²) < 4.78 is 232. The lowest BCUT2D eigenvalue weighted by Crippen LogP contribution is -2.72. The van der Waals surface area contributed by atoms with E-state index in [0.717, 1.165) is 0 Å². The standard InChI is InChI=1S/C8H2F16O3S/c9-1(3(12,7(19,20)21)28(25,26)27)2(10,11)4(13,14)5(15,16)6(17,18)8(22,23)24/h1H,(H,25,26,27)/p-1. The molecule has 3 nitrogen and oxygen atoms in total. The molecule has 20 heteroatoms. The van der Waals surface area contributed by atoms with E-state index in [9.17, 15) is 83.2 Å². The zero-order chi connectivity index (χ0) is 23.6. The average molecular weight is 481 g/mol. The Labute approximate surface area is 142 Å². The van der Waals surface area contributed by atoms with Crippen molar-refractivity contribution in [2.75, 3.05) is 0 Å². The number of alkyl halides is 16. The SMILES string of the molecule is O=S(=O)([O-])C(F)(C(F)C(F)(F)C(F)(F)C(F)(F)C(F)(F)C(F)(F)F)C(F)(F)F. The average Bonchev–Trinajstić information content (AvgIpc) is 2.40. The summed E-state index contributed by atoms with van der Waals surface area (Å²) in [6.07, 6.45) is -22.4. The molecule has 0 aliphatic carbocycles. The Balaban J connectivity index is 6.81. The van der Waals surface area contributed by atoms with E-state index < -0.39 is 57.3 Å². The van der Waals surface area contributed by atoms with Gasteiger partial charge < -0.3 is 4.55 Å². The van der Waals surface area contributed by atoms with Crippen LogP contribution in [-0.4, -0.2) is 60.2 Å². The van der Waals surface area contributed by atoms with Gasteiger partial charge in [0.1, 0.15) is 10.1 Å². The van der Waals surface area contributed by atoms with Gasteiger partial charge in [-0.15, -0.1) is 0 Å². The fraction of sp³-hybridized carbons (Fsp3) is 1.00. The number of hydrogen-bond donors (Lipinski definition) is 0. The maximum Gasteiger partial charge on any atom is 0.460 e. The van der Waals surface area contributed by atoms with Gasteiger partial charge in [0.25, 0.3) is 0 Å². The van der Waals surface area contributed by atoms with Gasteiger partial charge in [-0.05, 0) is 0 Å². The number of rotatable bonds is 6. The number of hydrogen-bond acceptors (Lipinski definition) is 3. The Morgan fingerprint density at radius 2 is 0.893 bits per heavy atom. The number of halogens is 16. The first kappa shape index (κ1) is 26.8. The van der Waals surface area contributed by atoms with E-state index in [0.29, 0.717) is 0 Å². The Kier molecular flexibility index (Phi) is 6.12. The zero-order valence-corrected chi connectivity index (χ0v) is 12.6. The van der Waals surface area contributed by atoms with Crippen LogP contribution in [0, 0.1) is 0 Å². The molecule has 0 radical (unpaired) electrons. The van der Waals surface area contributed by atoms with E-state index in [1.165, 1.54) is 0 Å². The molecule has 0 aromatic carbocycles. The third-order valence-electron chi connectivity index (χ3n) is 2.96. The predicted octanol–water partition coefficient (Wildman–Crippen LogP) is 4.20. The molecule has 0 heterocycles. The lowest BCUT2D eigenvalue weighted by atomic mass is 9.93. The van der Waals surface area contributed by atoms with Crippen LogP contribution in [0.25, 0.3) is 0 Å². The zero-order valence-electron chi connectivity index (χ0n) is 11.8. The Morgan fingerprint density at radius 1 is 0.571 bits per heavy atom. The van der Waals surface area contributed by atoms with Crippen LogP contribution in [0.2, 0.25) is 0 Å². The molecule has 170 valence electrons. The van der Waals surface area contributed by atoms with E-state index in [2.05, 4.69) is 0 Å². The first-order valence-corrected chi connectivity index (χ1v) is 6.99. The third kappa shape index (κ3) is 3.34. The van der Waals surface area contributed by atoms with E-state index in [4.69, 9.17) is 0 Å². The monoisotopic (exact) mass is 481 g/mol. The second kappa shape index (κ2) is 6.39. The molecule has 0 aromatic heterocycles. The Morgan fingerprint density at radius 3 is 1.11 bits per heavy atom. The molecule has 0 rings (SSSR count). The van der Waals surface area contributed by atoms with Crippen LogP contribution in [0.5, 0.6) is 0 Å². The van der Waals surface area contributed by atoms with Gasteiger partial charge in [0.2, 0.25) is 6.17 Å². The maximum atomic E-state index is 13.3. The third-order valence-corrected chi connectivity index (χ3v) is 4.12. The second-order valence-electron chi connectivity index (χ2n) is 4.80. The van der Waals surface area contributed by atoms with Gasteiger partial charge >= 0.3 is 41.0 Å². The predicted molar refractivity (Wildman–Crippen MR) is 50.3 cm³/mol. The highest BCUT2D eigenvalue weighted by Gasteiger charge is 2.90. The summed E-state index contributed by atoms with van der Waals surface area (Å²) in [7, 11) is -8.16. The normalized spacial score (nSPS) is 19.3. The summed E-state index contributed by atoms with van der Waals surface area (Å²) in [6, 6.07) is 0. The van der Waals surface area contributed by atoms with Crippen molar-refractivity contribution < 1.29 is 83.2 Å². The van der Waals surface area contributed by atoms with Gasteiger partial charge in [-0.25, -0.2) is 17.2 Å². The second-order valence-corrected chi connectivity index (χ2v) is 6.31. The van der Waals surface area contributed by atoms with Gasteiger partial charge in [-0.1, -0.05) is 0 Å². The summed E-state index contributed by atoms with van der Waals surface area (Å²) in [5, 5.41) is -7.64. The molecule has 0 spiro atoms. The molecule has 0 amide bonds. The minimum Gasteiger partial charge on any atom is -0.745 e. The van der Waals surface area contributed by atoms with Crippen molar-refractivity contribution in [1.29, 1.82) is 0 Å². The van der Waals surface area contributed by atoms with Crippen LogP contribution in [0.15, 0.2) is 0 Å². The van der Waals surface area contributed by atoms with Crippen molar-refractivity contribution >= 4 is 10.1 Å². The molecule has 0 bridgehead atoms. The molecular formula is C8HF16O3S-. The van der Waals surface area contributed by atoms with Crippen molar-refractivity contribution in [3.05, 3.63) is 0 Å². The largest absolute Gasteiger partial charge is 0.745 e. The van der Waals surface area contributed by atoms with Crippen LogP contribution in [-0.2, 0) is 10.1 Å². The molecular weight excluding hydrogens is 480 g/mol. The highest BCUT2D eigenvalue weighted by molar-refractivity contribution is 7.87. The van der Waals surface area contributed by atoms with Crippen LogP contribution in [0.3, 0.4) is 0 Å². The van der Waals surface area contributed by atoms with Gasteiger partial charge in [-0.3, -0.25) is 0 Å². The fourth-order valence-corrected chi connectivity index (χ4v) is 2.07. The summed E-state index contributed by atoms with van der Waals surface area (Å²) >= 11 is 0. The lowest BCUT2D eigenvalue weighted by molar-refractivity contribution is -0.430. The molecule has 0 aliphatic rings. The van der Waals surface area contributed by atoms with Crippen LogP contribution in [0.1, 0.15) is 0 Å². The van der Waals surface area contributed by atoms with Crippen molar-refractivity contribution in [3.8, 4) is 0 Å². The van der Waals surface area contributed by atoms with Gasteiger partial charge in [0.15, 0.2) is 0 Å². The minimum absolute atomic E-state index is 6.90. The maximum absolute atomic E-state index is 13.3. The summed E-state index contributed by atoms with van der Waals surface area (Å²) in [4.78, 5) is 0. The Hall–Kier alpha value is -1.21. The highest BCUT2D eigenvalue weighted by atomic mass is 32.2. The molecule has 28 heavy (non-hydrogen) atoms. The fourth-order valence-electron chi connectivity index (χ4n) is 1.39. The lowest BCUT2D eigenvalue weighted by Gasteiger charge is -2.41. The quantitative estimate of drug-likeness (QED) is 0.423. The molecule has 0 aliphatic heterocycles. The molecule has 2 atom stereocenters. The molecule has 0 saturated carbocycles. The summed E-state index contributed by atoms with van der Waals surface area (Å²) in [5.41, 5.74) is 0. The van der Waals surface area contributed by atoms with Crippen LogP contribution in [0.4, 0.5) is 70.2 Å². The van der Waals surface area contributed by atoms with E-state index in [1.807, 2.05) is 0 Å². The van der Waals surface area contributed by atoms with Crippen molar-refractivity contribution in [2.24, 2.45) is 0 Å². The molecule has 0 N–H and O–H groups in total. The smallest absolute Gasteiger partial charge is 0.460 e.